The van der Waals surface area contributed by atoms with E-state index in [0.29, 0.717) is 0 Å². The molecule has 0 saturated heterocycles. The number of nitrogens with one attached hydrogen (secondary N) is 1. The van der Waals surface area contributed by atoms with Crippen molar-refractivity contribution in [3.63, 3.8) is 0 Å². The monoisotopic (exact) mass is 536 g/mol. The second-order valence-corrected chi connectivity index (χ2v) is 11.5. The lowest BCUT2D eigenvalue weighted by molar-refractivity contribution is 0.320. The molecule has 7 nitrogen and oxygen atoms in total. The third-order valence-electron chi connectivity index (χ3n) is 4.48. The summed E-state index contributed by atoms with van der Waals surface area (Å²) in [5.74, 6) is -2.88. The molecule has 2 aromatic carbocycles. The summed E-state index contributed by atoms with van der Waals surface area (Å²) in [4.78, 5) is 3.55. The number of pyridine rings is 1. The molecule has 13 heteroatoms. The second kappa shape index (κ2) is 9.90. The predicted molar refractivity (Wildman–Crippen MR) is 121 cm³/mol. The summed E-state index contributed by atoms with van der Waals surface area (Å²) in [6.45, 7) is -0.669. The van der Waals surface area contributed by atoms with Gasteiger partial charge in [0.1, 0.15) is 22.7 Å². The second-order valence-electron chi connectivity index (χ2n) is 6.78. The van der Waals surface area contributed by atoms with Crippen LogP contribution in [0, 0.1) is 11.6 Å². The summed E-state index contributed by atoms with van der Waals surface area (Å²) in [5.41, 5.74) is -0.782. The van der Waals surface area contributed by atoms with Crippen LogP contribution in [0.3, 0.4) is 0 Å². The van der Waals surface area contributed by atoms with Crippen LogP contribution in [-0.4, -0.2) is 39.3 Å². The predicted octanol–water partition coefficient (Wildman–Crippen LogP) is 3.96. The Morgan fingerprint density at radius 1 is 0.970 bits per heavy atom. The maximum absolute atomic E-state index is 14.8. The molecule has 0 aliphatic heterocycles. The lowest BCUT2D eigenvalue weighted by Gasteiger charge is -2.21. The molecule has 0 fully saturated rings. The van der Waals surface area contributed by atoms with Crippen molar-refractivity contribution in [1.29, 1.82) is 0 Å². The van der Waals surface area contributed by atoms with Crippen LogP contribution in [0.1, 0.15) is 16.4 Å². The van der Waals surface area contributed by atoms with Gasteiger partial charge in [-0.3, -0.25) is 4.72 Å². The van der Waals surface area contributed by atoms with Crippen LogP contribution in [0.2, 0.25) is 10.0 Å². The maximum Gasteiger partial charge on any atom is 0.236 e. The maximum atomic E-state index is 14.8. The molecule has 0 amide bonds. The smallest absolute Gasteiger partial charge is 0.236 e. The molecule has 33 heavy (non-hydrogen) atoms. The van der Waals surface area contributed by atoms with E-state index in [1.165, 1.54) is 24.3 Å². The molecule has 1 aromatic heterocycles. The number of sulfonamides is 1. The fourth-order valence-corrected chi connectivity index (χ4v) is 6.03. The highest BCUT2D eigenvalue weighted by Gasteiger charge is 2.35. The third-order valence-corrected chi connectivity index (χ3v) is 8.35. The number of halogens is 4. The van der Waals surface area contributed by atoms with E-state index < -0.39 is 54.7 Å². The van der Waals surface area contributed by atoms with Gasteiger partial charge >= 0.3 is 0 Å². The molecule has 2 N–H and O–H groups in total. The molecule has 0 aliphatic carbocycles. The molecule has 1 unspecified atom stereocenters. The molecule has 0 bridgehead atoms. The Morgan fingerprint density at radius 3 is 2.27 bits per heavy atom. The Bertz CT molecular complexity index is 1390. The number of aromatic nitrogens is 1. The molecule has 0 radical (unpaired) electrons. The Balaban J connectivity index is 2.26. The van der Waals surface area contributed by atoms with Gasteiger partial charge in [-0.25, -0.2) is 30.6 Å². The number of hydrogen-bond acceptors (Lipinski definition) is 6. The van der Waals surface area contributed by atoms with E-state index in [1.54, 1.807) is 0 Å². The summed E-state index contributed by atoms with van der Waals surface area (Å²) >= 11 is 12.0. The van der Waals surface area contributed by atoms with Crippen molar-refractivity contribution >= 4 is 48.9 Å². The van der Waals surface area contributed by atoms with Crippen LogP contribution in [0.15, 0.2) is 59.6 Å². The third kappa shape index (κ3) is 5.79. The van der Waals surface area contributed by atoms with Crippen molar-refractivity contribution in [2.75, 3.05) is 17.1 Å². The first-order valence-electron chi connectivity index (χ1n) is 9.16. The number of anilines is 1. The van der Waals surface area contributed by atoms with Crippen LogP contribution in [0.5, 0.6) is 0 Å². The van der Waals surface area contributed by atoms with Crippen molar-refractivity contribution in [2.45, 2.75) is 10.1 Å². The highest BCUT2D eigenvalue weighted by atomic mass is 35.5. The molecule has 0 spiro atoms. The van der Waals surface area contributed by atoms with E-state index in [9.17, 15) is 25.6 Å². The van der Waals surface area contributed by atoms with Gasteiger partial charge in [-0.15, -0.1) is 0 Å². The van der Waals surface area contributed by atoms with E-state index in [-0.39, 0.29) is 26.3 Å². The number of benzene rings is 2. The van der Waals surface area contributed by atoms with Crippen molar-refractivity contribution in [2.24, 2.45) is 0 Å². The first-order chi connectivity index (χ1) is 15.4. The number of hydrogen-bond donors (Lipinski definition) is 2. The Labute approximate surface area is 199 Å². The lowest BCUT2D eigenvalue weighted by Crippen LogP contribution is -2.21. The van der Waals surface area contributed by atoms with Crippen molar-refractivity contribution < 1.29 is 30.7 Å². The topological polar surface area (TPSA) is 113 Å². The van der Waals surface area contributed by atoms with E-state index in [0.717, 1.165) is 30.5 Å². The van der Waals surface area contributed by atoms with Crippen molar-refractivity contribution in [3.8, 4) is 0 Å². The molecule has 176 valence electrons. The molecule has 1 atom stereocenters. The molecule has 0 aliphatic rings. The molecular weight excluding hydrogens is 521 g/mol. The number of nitrogens with zero attached hydrogens (tertiary/aromatic N) is 1. The van der Waals surface area contributed by atoms with Gasteiger partial charge in [0.2, 0.25) is 10.0 Å². The zero-order valence-corrected chi connectivity index (χ0v) is 19.7. The fourth-order valence-electron chi connectivity index (χ4n) is 3.02. The van der Waals surface area contributed by atoms with Gasteiger partial charge in [0, 0.05) is 16.8 Å². The van der Waals surface area contributed by atoms with Crippen LogP contribution in [-0.2, 0) is 19.9 Å². The first kappa shape index (κ1) is 25.3. The summed E-state index contributed by atoms with van der Waals surface area (Å²) < 4.78 is 82.0. The normalized spacial score (nSPS) is 13.0. The number of aliphatic hydroxyl groups excluding tert-OH is 1. The average molecular weight is 537 g/mol. The van der Waals surface area contributed by atoms with Gasteiger partial charge in [-0.05, 0) is 54.1 Å². The van der Waals surface area contributed by atoms with Crippen LogP contribution in [0.25, 0.3) is 0 Å². The molecule has 3 rings (SSSR count). The minimum absolute atomic E-state index is 0.230. The SMILES string of the molecule is O=S(=O)(CCO)Nc1cc(C(c2cc(F)ccc2F)S(=O)(=O)c2ccc(Cl)cc2)c(Cl)cn1. The molecule has 0 saturated carbocycles. The van der Waals surface area contributed by atoms with Crippen LogP contribution >= 0.6 is 23.2 Å². The largest absolute Gasteiger partial charge is 0.395 e. The zero-order chi connectivity index (χ0) is 24.4. The Morgan fingerprint density at radius 2 is 1.64 bits per heavy atom. The minimum Gasteiger partial charge on any atom is -0.395 e. The van der Waals surface area contributed by atoms with E-state index in [4.69, 9.17) is 28.3 Å². The Hall–Kier alpha value is -2.31. The first-order valence-corrected chi connectivity index (χ1v) is 13.1. The summed E-state index contributed by atoms with van der Waals surface area (Å²) in [7, 11) is -8.47. The van der Waals surface area contributed by atoms with Crippen molar-refractivity contribution in [3.05, 3.63) is 87.5 Å². The van der Waals surface area contributed by atoms with Gasteiger partial charge in [0.15, 0.2) is 9.84 Å². The fraction of sp³-hybridized carbons (Fsp3) is 0.150. The van der Waals surface area contributed by atoms with Gasteiger partial charge in [0.05, 0.1) is 22.3 Å². The molecule has 3 aromatic rings. The quantitative estimate of drug-likeness (QED) is 0.450. The number of sulfone groups is 1. The number of rotatable bonds is 8. The van der Waals surface area contributed by atoms with E-state index in [1.807, 2.05) is 0 Å². The minimum atomic E-state index is -4.45. The highest BCUT2D eigenvalue weighted by Crippen LogP contribution is 2.40. The molecule has 1 heterocycles. The molecular formula is C20H16Cl2F2N2O5S2. The van der Waals surface area contributed by atoms with Gasteiger partial charge in [-0.1, -0.05) is 23.2 Å². The van der Waals surface area contributed by atoms with Crippen LogP contribution in [0.4, 0.5) is 14.6 Å². The Kier molecular flexibility index (Phi) is 7.59. The van der Waals surface area contributed by atoms with Gasteiger partial charge < -0.3 is 5.11 Å². The lowest BCUT2D eigenvalue weighted by atomic mass is 10.0. The van der Waals surface area contributed by atoms with Crippen LogP contribution < -0.4 is 4.72 Å². The highest BCUT2D eigenvalue weighted by molar-refractivity contribution is 7.92. The number of aliphatic hydroxyl groups is 1. The van der Waals surface area contributed by atoms with Gasteiger partial charge in [0.25, 0.3) is 0 Å². The van der Waals surface area contributed by atoms with Gasteiger partial charge in [-0.2, -0.15) is 0 Å². The average Bonchev–Trinajstić information content (AvgIpc) is 2.73. The van der Waals surface area contributed by atoms with Crippen molar-refractivity contribution in [1.82, 2.24) is 4.98 Å². The van der Waals surface area contributed by atoms with E-state index >= 15 is 0 Å². The summed E-state index contributed by atoms with van der Waals surface area (Å²) in [6.07, 6.45) is 0.981. The summed E-state index contributed by atoms with van der Waals surface area (Å²) in [5, 5.41) is 7.07. The standard InChI is InChI=1S/C20H16Cl2F2N2O5S2/c21-12-1-4-14(5-2-12)33(30,31)20(16-9-13(23)3-6-18(16)24)15-10-19(25-11-17(15)22)26-32(28,29)8-7-27/h1-6,9-11,20,27H,7-8H2,(H,25,26). The zero-order valence-electron chi connectivity index (χ0n) is 16.5. The summed E-state index contributed by atoms with van der Waals surface area (Å²) in [6, 6.07) is 8.36. The van der Waals surface area contributed by atoms with E-state index in [2.05, 4.69) is 9.71 Å².